The van der Waals surface area contributed by atoms with Gasteiger partial charge in [-0.2, -0.15) is 3.71 Å². The van der Waals surface area contributed by atoms with Gasteiger partial charge in [0.25, 0.3) is 0 Å². The summed E-state index contributed by atoms with van der Waals surface area (Å²) >= 11 is 3.50. The van der Waals surface area contributed by atoms with Crippen molar-refractivity contribution >= 4 is 32.7 Å². The minimum atomic E-state index is -2.43. The third-order valence-corrected chi connectivity index (χ3v) is 7.55. The molecule has 0 heterocycles. The van der Waals surface area contributed by atoms with Crippen LogP contribution in [0, 0.1) is 0 Å². The van der Waals surface area contributed by atoms with Crippen LogP contribution in [-0.2, 0) is 13.3 Å². The Kier molecular flexibility index (Phi) is 12.1. The molecule has 0 amide bonds. The van der Waals surface area contributed by atoms with Gasteiger partial charge in [0.2, 0.25) is 0 Å². The molecule has 18 heavy (non-hydrogen) atoms. The predicted molar refractivity (Wildman–Crippen MR) is 83.8 cm³/mol. The van der Waals surface area contributed by atoms with Gasteiger partial charge in [0.15, 0.2) is 0 Å². The van der Waals surface area contributed by atoms with Gasteiger partial charge in [0.05, 0.1) is 0 Å². The van der Waals surface area contributed by atoms with Gasteiger partial charge in [-0.3, -0.25) is 0 Å². The van der Waals surface area contributed by atoms with Crippen LogP contribution in [-0.4, -0.2) is 51.4 Å². The average Bonchev–Trinajstić information content (AvgIpc) is 2.36. The molecule has 0 radical (unpaired) electrons. The maximum atomic E-state index is 5.82. The van der Waals surface area contributed by atoms with Crippen LogP contribution in [0.2, 0.25) is 6.04 Å². The van der Waals surface area contributed by atoms with E-state index in [-0.39, 0.29) is 0 Å². The molecule has 0 aromatic heterocycles. The molecule has 0 bridgehead atoms. The Balaban J connectivity index is 4.28. The van der Waals surface area contributed by atoms with Gasteiger partial charge in [0, 0.05) is 32.4 Å². The predicted octanol–water partition coefficient (Wildman–Crippen LogP) is 3.28. The Bertz CT molecular complexity index is 180. The molecule has 0 saturated heterocycles. The highest BCUT2D eigenvalue weighted by molar-refractivity contribution is 8.11. The number of nitrogens with zero attached hydrogens (tertiary/aromatic N) is 1. The molecule has 0 aliphatic rings. The van der Waals surface area contributed by atoms with Gasteiger partial charge in [-0.05, 0) is 39.7 Å². The highest BCUT2D eigenvalue weighted by atomic mass is 32.2. The van der Waals surface area contributed by atoms with Gasteiger partial charge >= 0.3 is 8.80 Å². The number of hydrogen-bond acceptors (Lipinski definition) is 6. The first-order chi connectivity index (χ1) is 8.67. The minimum absolute atomic E-state index is 0.654. The van der Waals surface area contributed by atoms with Crippen molar-refractivity contribution in [2.75, 3.05) is 38.9 Å². The van der Waals surface area contributed by atoms with E-state index < -0.39 is 8.80 Å². The lowest BCUT2D eigenvalue weighted by Gasteiger charge is -2.29. The second-order valence-corrected chi connectivity index (χ2v) is 8.08. The summed E-state index contributed by atoms with van der Waals surface area (Å²) in [5.74, 6) is 0. The summed E-state index contributed by atoms with van der Waals surface area (Å²) in [5, 5.41) is 0. The fraction of sp³-hybridized carbons (Fsp3) is 1.00. The minimum Gasteiger partial charge on any atom is -0.374 e. The van der Waals surface area contributed by atoms with E-state index in [1.807, 2.05) is 20.8 Å². The molecule has 0 rings (SSSR count). The second-order valence-electron chi connectivity index (χ2n) is 3.51. The van der Waals surface area contributed by atoms with Crippen molar-refractivity contribution in [3.8, 4) is 0 Å². The lowest BCUT2D eigenvalue weighted by Crippen LogP contribution is -2.46. The molecule has 110 valence electrons. The monoisotopic (exact) mass is 313 g/mol. The van der Waals surface area contributed by atoms with Crippen LogP contribution >= 0.6 is 23.9 Å². The van der Waals surface area contributed by atoms with Crippen LogP contribution in [0.15, 0.2) is 0 Å². The normalized spacial score (nSPS) is 12.3. The molecule has 0 atom stereocenters. The van der Waals surface area contributed by atoms with Crippen LogP contribution < -0.4 is 0 Å². The summed E-state index contributed by atoms with van der Waals surface area (Å²) in [4.78, 5) is 0. The molecule has 0 aliphatic carbocycles. The van der Waals surface area contributed by atoms with Crippen molar-refractivity contribution in [1.29, 1.82) is 0 Å². The first-order valence-electron chi connectivity index (χ1n) is 6.45. The Morgan fingerprint density at radius 1 is 0.889 bits per heavy atom. The molecular weight excluding hydrogens is 286 g/mol. The molecule has 0 fully saturated rings. The first kappa shape index (κ1) is 18.8. The third kappa shape index (κ3) is 7.37. The zero-order valence-electron chi connectivity index (χ0n) is 12.2. The molecule has 7 heteroatoms. The van der Waals surface area contributed by atoms with E-state index in [4.69, 9.17) is 13.3 Å². The maximum Gasteiger partial charge on any atom is 0.500 e. The quantitative estimate of drug-likeness (QED) is 0.406. The summed E-state index contributed by atoms with van der Waals surface area (Å²) in [6.07, 6.45) is 5.22. The molecule has 4 nitrogen and oxygen atoms in total. The van der Waals surface area contributed by atoms with Crippen LogP contribution in [0.5, 0.6) is 0 Å². The highest BCUT2D eigenvalue weighted by Gasteiger charge is 2.39. The summed E-state index contributed by atoms with van der Waals surface area (Å²) in [6.45, 7) is 8.97. The maximum absolute atomic E-state index is 5.82. The van der Waals surface area contributed by atoms with Crippen molar-refractivity contribution in [2.24, 2.45) is 0 Å². The Morgan fingerprint density at radius 2 is 1.33 bits per heavy atom. The molecule has 0 N–H and O–H groups in total. The second kappa shape index (κ2) is 11.6. The smallest absolute Gasteiger partial charge is 0.374 e. The molecule has 0 aliphatic heterocycles. The zero-order valence-corrected chi connectivity index (χ0v) is 14.9. The first-order valence-corrected chi connectivity index (χ1v) is 10.7. The summed E-state index contributed by atoms with van der Waals surface area (Å²) < 4.78 is 19.7. The van der Waals surface area contributed by atoms with Gasteiger partial charge in [-0.25, -0.2) is 0 Å². The van der Waals surface area contributed by atoms with E-state index in [2.05, 4.69) is 16.2 Å². The molecule has 0 aromatic rings. The zero-order chi connectivity index (χ0) is 13.9. The van der Waals surface area contributed by atoms with Crippen molar-refractivity contribution in [2.45, 2.75) is 33.2 Å². The van der Waals surface area contributed by atoms with Crippen LogP contribution in [0.25, 0.3) is 0 Å². The number of rotatable bonds is 12. The fourth-order valence-corrected chi connectivity index (χ4v) is 5.50. The van der Waals surface area contributed by atoms with Crippen molar-refractivity contribution in [3.63, 3.8) is 0 Å². The van der Waals surface area contributed by atoms with E-state index >= 15 is 0 Å². The van der Waals surface area contributed by atoms with Gasteiger partial charge in [0.1, 0.15) is 0 Å². The van der Waals surface area contributed by atoms with Crippen LogP contribution in [0.3, 0.4) is 0 Å². The van der Waals surface area contributed by atoms with Gasteiger partial charge < -0.3 is 13.3 Å². The lowest BCUT2D eigenvalue weighted by molar-refractivity contribution is 0.0707. The molecule has 0 spiro atoms. The standard InChI is InChI=1S/C11H27NO3S2Si/c1-6-13-18(14-7-2,15-8-3)11-9-10-12(16-4)17-5/h6-11H2,1-5H3. The fourth-order valence-electron chi connectivity index (χ4n) is 1.68. The molecule has 0 unspecified atom stereocenters. The lowest BCUT2D eigenvalue weighted by atomic mass is 10.5. The average molecular weight is 314 g/mol. The van der Waals surface area contributed by atoms with E-state index in [1.54, 1.807) is 23.9 Å². The Labute approximate surface area is 122 Å². The van der Waals surface area contributed by atoms with E-state index in [0.29, 0.717) is 19.8 Å². The van der Waals surface area contributed by atoms with E-state index in [0.717, 1.165) is 19.0 Å². The highest BCUT2D eigenvalue weighted by Crippen LogP contribution is 2.22. The Morgan fingerprint density at radius 3 is 1.67 bits per heavy atom. The summed E-state index contributed by atoms with van der Waals surface area (Å²) in [6, 6.07) is 0.889. The van der Waals surface area contributed by atoms with Crippen LogP contribution in [0.4, 0.5) is 0 Å². The van der Waals surface area contributed by atoms with Gasteiger partial charge in [-0.15, -0.1) is 0 Å². The third-order valence-electron chi connectivity index (χ3n) is 2.32. The molecular formula is C11H27NO3S2Si. The topological polar surface area (TPSA) is 30.9 Å². The SMILES string of the molecule is CCO[Si](CCCN(SC)SC)(OCC)OCC. The molecule has 0 aromatic carbocycles. The Hall–Kier alpha value is 0.757. The number of hydrogen-bond donors (Lipinski definition) is 0. The molecule has 0 saturated carbocycles. The summed E-state index contributed by atoms with van der Waals surface area (Å²) in [7, 11) is -2.43. The van der Waals surface area contributed by atoms with Crippen molar-refractivity contribution in [1.82, 2.24) is 3.71 Å². The van der Waals surface area contributed by atoms with Crippen LogP contribution in [0.1, 0.15) is 27.2 Å². The van der Waals surface area contributed by atoms with E-state index in [1.165, 1.54) is 0 Å². The summed E-state index contributed by atoms with van der Waals surface area (Å²) in [5.41, 5.74) is 0. The van der Waals surface area contributed by atoms with E-state index in [9.17, 15) is 0 Å². The van der Waals surface area contributed by atoms with Crippen molar-refractivity contribution in [3.05, 3.63) is 0 Å². The van der Waals surface area contributed by atoms with Gasteiger partial charge in [-0.1, -0.05) is 23.9 Å². The van der Waals surface area contributed by atoms with Crippen molar-refractivity contribution < 1.29 is 13.3 Å². The largest absolute Gasteiger partial charge is 0.500 e.